The van der Waals surface area contributed by atoms with Gasteiger partial charge in [0.15, 0.2) is 6.10 Å². The van der Waals surface area contributed by atoms with Crippen molar-refractivity contribution in [3.05, 3.63) is 65.7 Å². The molecule has 0 spiro atoms. The number of amides is 1. The van der Waals surface area contributed by atoms with Gasteiger partial charge < -0.3 is 9.47 Å². The van der Waals surface area contributed by atoms with Crippen molar-refractivity contribution >= 4 is 21.9 Å². The van der Waals surface area contributed by atoms with Gasteiger partial charge in [0.2, 0.25) is 5.91 Å². The van der Waals surface area contributed by atoms with Crippen LogP contribution in [0, 0.1) is 12.8 Å². The lowest BCUT2D eigenvalue weighted by Crippen LogP contribution is -2.64. The monoisotopic (exact) mass is 431 g/mol. The highest BCUT2D eigenvalue weighted by Gasteiger charge is 2.53. The summed E-state index contributed by atoms with van der Waals surface area (Å²) in [4.78, 5) is 25.2. The quantitative estimate of drug-likeness (QED) is 0.472. The standard InChI is InChI=1S/C22H25NO6S/c1-4-17-18(14-29-22(25)20(28-3)16-11-6-5-7-12-16)23(21(17)24)30(26,27)19-13-9-8-10-15(19)2/h5-13,17-18,20H,4,14H2,1-3H3/t17?,18-,20-/m1/s1. The molecule has 0 aromatic heterocycles. The van der Waals surface area contributed by atoms with Gasteiger partial charge in [-0.15, -0.1) is 0 Å². The van der Waals surface area contributed by atoms with Crippen molar-refractivity contribution < 1.29 is 27.5 Å². The summed E-state index contributed by atoms with van der Waals surface area (Å²) in [5, 5.41) is 0. The average molecular weight is 432 g/mol. The smallest absolute Gasteiger partial charge is 0.339 e. The van der Waals surface area contributed by atoms with Crippen LogP contribution >= 0.6 is 0 Å². The zero-order valence-corrected chi connectivity index (χ0v) is 18.0. The first-order chi connectivity index (χ1) is 14.3. The molecule has 3 atom stereocenters. The van der Waals surface area contributed by atoms with E-state index in [1.54, 1.807) is 56.3 Å². The van der Waals surface area contributed by atoms with Gasteiger partial charge in [-0.05, 0) is 30.5 Å². The van der Waals surface area contributed by atoms with Crippen molar-refractivity contribution in [2.24, 2.45) is 5.92 Å². The number of methoxy groups -OCH3 is 1. The number of rotatable bonds is 8. The van der Waals surface area contributed by atoms with E-state index in [0.29, 0.717) is 17.5 Å². The fourth-order valence-electron chi connectivity index (χ4n) is 3.69. The molecule has 0 N–H and O–H groups in total. The van der Waals surface area contributed by atoms with E-state index in [4.69, 9.17) is 9.47 Å². The van der Waals surface area contributed by atoms with E-state index in [2.05, 4.69) is 0 Å². The van der Waals surface area contributed by atoms with E-state index >= 15 is 0 Å². The second kappa shape index (κ2) is 8.97. The van der Waals surface area contributed by atoms with Gasteiger partial charge in [-0.3, -0.25) is 4.79 Å². The molecule has 1 aliphatic heterocycles. The number of hydrogen-bond acceptors (Lipinski definition) is 6. The van der Waals surface area contributed by atoms with Crippen molar-refractivity contribution in [2.75, 3.05) is 13.7 Å². The number of hydrogen-bond donors (Lipinski definition) is 0. The molecule has 160 valence electrons. The van der Waals surface area contributed by atoms with Crippen LogP contribution in [-0.2, 0) is 29.1 Å². The predicted octanol–water partition coefficient (Wildman–Crippen LogP) is 2.85. The number of β-lactam (4-membered cyclic amide) rings is 1. The second-order valence-corrected chi connectivity index (χ2v) is 8.93. The molecule has 1 saturated heterocycles. The van der Waals surface area contributed by atoms with Gasteiger partial charge in [0, 0.05) is 7.11 Å². The van der Waals surface area contributed by atoms with Crippen LogP contribution in [0.1, 0.15) is 30.6 Å². The Morgan fingerprint density at radius 3 is 2.33 bits per heavy atom. The molecular formula is C22H25NO6S. The van der Waals surface area contributed by atoms with Gasteiger partial charge in [0.25, 0.3) is 10.0 Å². The molecule has 1 fully saturated rings. The summed E-state index contributed by atoms with van der Waals surface area (Å²) in [6, 6.07) is 14.6. The molecule has 30 heavy (non-hydrogen) atoms. The van der Waals surface area contributed by atoms with Gasteiger partial charge in [0.1, 0.15) is 6.61 Å². The van der Waals surface area contributed by atoms with Crippen molar-refractivity contribution in [1.29, 1.82) is 0 Å². The lowest BCUT2D eigenvalue weighted by Gasteiger charge is -2.45. The van der Waals surface area contributed by atoms with E-state index in [0.717, 1.165) is 4.31 Å². The molecule has 2 aromatic carbocycles. The minimum absolute atomic E-state index is 0.0725. The number of carbonyl (C=O) groups excluding carboxylic acids is 2. The number of carbonyl (C=O) groups is 2. The Morgan fingerprint density at radius 1 is 1.10 bits per heavy atom. The molecule has 2 aromatic rings. The van der Waals surface area contributed by atoms with Crippen molar-refractivity contribution in [3.63, 3.8) is 0 Å². The Labute approximate surface area is 176 Å². The summed E-state index contributed by atoms with van der Waals surface area (Å²) in [6.45, 7) is 3.25. The van der Waals surface area contributed by atoms with E-state index in [9.17, 15) is 18.0 Å². The molecule has 3 rings (SSSR count). The molecular weight excluding hydrogens is 406 g/mol. The average Bonchev–Trinajstić information content (AvgIpc) is 2.72. The zero-order chi connectivity index (χ0) is 21.9. The Bertz CT molecular complexity index is 1020. The number of nitrogens with zero attached hydrogens (tertiary/aromatic N) is 1. The minimum atomic E-state index is -4.04. The molecule has 0 aliphatic carbocycles. The van der Waals surface area contributed by atoms with Crippen LogP contribution in [0.2, 0.25) is 0 Å². The summed E-state index contributed by atoms with van der Waals surface area (Å²) in [6.07, 6.45) is -0.476. The van der Waals surface area contributed by atoms with Gasteiger partial charge >= 0.3 is 5.97 Å². The van der Waals surface area contributed by atoms with Gasteiger partial charge in [0.05, 0.1) is 16.9 Å². The van der Waals surface area contributed by atoms with Gasteiger partial charge in [-0.2, -0.15) is 0 Å². The highest BCUT2D eigenvalue weighted by molar-refractivity contribution is 7.89. The number of esters is 1. The molecule has 1 heterocycles. The predicted molar refractivity (Wildman–Crippen MR) is 110 cm³/mol. The molecule has 8 heteroatoms. The SMILES string of the molecule is CCC1C(=O)N(S(=O)(=O)c2ccccc2C)[C@@H]1COC(=O)[C@H](OC)c1ccccc1. The first-order valence-corrected chi connectivity index (χ1v) is 11.1. The van der Waals surface area contributed by atoms with Crippen LogP contribution in [0.15, 0.2) is 59.5 Å². The topological polar surface area (TPSA) is 90.0 Å². The normalized spacial score (nSPS) is 19.8. The number of aryl methyl sites for hydroxylation is 1. The van der Waals surface area contributed by atoms with Crippen molar-refractivity contribution in [2.45, 2.75) is 37.3 Å². The summed E-state index contributed by atoms with van der Waals surface area (Å²) >= 11 is 0. The van der Waals surface area contributed by atoms with Gasteiger partial charge in [-0.25, -0.2) is 17.5 Å². The molecule has 0 radical (unpaired) electrons. The Kier molecular flexibility index (Phi) is 6.58. The Balaban J connectivity index is 1.79. The fraction of sp³-hybridized carbons (Fsp3) is 0.364. The van der Waals surface area contributed by atoms with Crippen molar-refractivity contribution in [3.8, 4) is 0 Å². The third-order valence-corrected chi connectivity index (χ3v) is 7.30. The summed E-state index contributed by atoms with van der Waals surface area (Å²) in [5.41, 5.74) is 1.18. The third kappa shape index (κ3) is 3.97. The summed E-state index contributed by atoms with van der Waals surface area (Å²) < 4.78 is 37.7. The maximum Gasteiger partial charge on any atom is 0.339 e. The number of ether oxygens (including phenoxy) is 2. The molecule has 1 aliphatic rings. The Morgan fingerprint density at radius 2 is 1.73 bits per heavy atom. The molecule has 1 unspecified atom stereocenters. The van der Waals surface area contributed by atoms with E-state index < -0.39 is 40.0 Å². The molecule has 0 bridgehead atoms. The van der Waals surface area contributed by atoms with Crippen LogP contribution in [0.3, 0.4) is 0 Å². The maximum absolute atomic E-state index is 13.1. The van der Waals surface area contributed by atoms with Crippen molar-refractivity contribution in [1.82, 2.24) is 4.31 Å². The lowest BCUT2D eigenvalue weighted by molar-refractivity contribution is -0.165. The van der Waals surface area contributed by atoms with Crippen LogP contribution in [0.4, 0.5) is 0 Å². The first-order valence-electron chi connectivity index (χ1n) is 9.71. The van der Waals surface area contributed by atoms with Gasteiger partial charge in [-0.1, -0.05) is 55.5 Å². The summed E-state index contributed by atoms with van der Waals surface area (Å²) in [7, 11) is -2.64. The number of benzene rings is 2. The molecule has 0 saturated carbocycles. The Hall–Kier alpha value is -2.71. The van der Waals surface area contributed by atoms with Crippen LogP contribution in [0.5, 0.6) is 0 Å². The lowest BCUT2D eigenvalue weighted by atomic mass is 9.88. The minimum Gasteiger partial charge on any atom is -0.461 e. The highest BCUT2D eigenvalue weighted by atomic mass is 32.2. The fourth-order valence-corrected chi connectivity index (χ4v) is 5.57. The maximum atomic E-state index is 13.1. The number of sulfonamides is 1. The highest BCUT2D eigenvalue weighted by Crippen LogP contribution is 2.36. The summed E-state index contributed by atoms with van der Waals surface area (Å²) in [5.74, 6) is -1.63. The third-order valence-electron chi connectivity index (χ3n) is 5.32. The largest absolute Gasteiger partial charge is 0.461 e. The van der Waals surface area contributed by atoms with E-state index in [1.165, 1.54) is 13.2 Å². The van der Waals surface area contributed by atoms with E-state index in [-0.39, 0.29) is 11.5 Å². The van der Waals surface area contributed by atoms with E-state index in [1.807, 2.05) is 6.07 Å². The van der Waals surface area contributed by atoms with Crippen LogP contribution in [-0.4, -0.2) is 44.4 Å². The molecule has 7 nitrogen and oxygen atoms in total. The van der Waals surface area contributed by atoms with Crippen LogP contribution < -0.4 is 0 Å². The van der Waals surface area contributed by atoms with Crippen LogP contribution in [0.25, 0.3) is 0 Å². The zero-order valence-electron chi connectivity index (χ0n) is 17.1. The second-order valence-electron chi connectivity index (χ2n) is 7.14. The first kappa shape index (κ1) is 22.0. The molecule has 1 amide bonds.